The lowest BCUT2D eigenvalue weighted by atomic mass is 10.1. The standard InChI is InChI=1S/C22H24ClN5O8P2/c23-22-26-19(25-14-6-5-12-3-1-2-4-13(12)9-14)16-20(27-22)28(10-24-16)21-18(30)17(29)15(36-21)7-8-37(31,32)11-38(33,34)35/h1-6,9-10,15,17-18,21,29-30H,7-8,11H2,(H,31,32)(H,25,26,27)(H2,33,34,35)/t15-,17?,18?,21-/m1/s1. The molecule has 202 valence electrons. The second-order valence-electron chi connectivity index (χ2n) is 9.06. The van der Waals surface area contributed by atoms with Crippen molar-refractivity contribution >= 4 is 60.0 Å². The predicted molar refractivity (Wildman–Crippen MR) is 140 cm³/mol. The van der Waals surface area contributed by atoms with Gasteiger partial charge in [-0.15, -0.1) is 0 Å². The van der Waals surface area contributed by atoms with Crippen LogP contribution in [0.5, 0.6) is 0 Å². The Morgan fingerprint density at radius 3 is 2.50 bits per heavy atom. The van der Waals surface area contributed by atoms with Crippen LogP contribution in [-0.2, 0) is 13.9 Å². The number of anilines is 2. The molecule has 0 spiro atoms. The Labute approximate surface area is 220 Å². The topological polar surface area (TPSA) is 200 Å². The van der Waals surface area contributed by atoms with Crippen molar-refractivity contribution in [1.82, 2.24) is 19.5 Å². The number of hydrogen-bond donors (Lipinski definition) is 6. The van der Waals surface area contributed by atoms with Crippen LogP contribution in [0.4, 0.5) is 11.5 Å². The average molecular weight is 584 g/mol. The maximum Gasteiger partial charge on any atom is 0.335 e. The third-order valence-electron chi connectivity index (χ3n) is 6.19. The average Bonchev–Trinajstić information content (AvgIpc) is 3.37. The zero-order chi connectivity index (χ0) is 27.2. The smallest absolute Gasteiger partial charge is 0.335 e. The van der Waals surface area contributed by atoms with Crippen molar-refractivity contribution < 1.29 is 38.8 Å². The molecule has 0 amide bonds. The molecule has 1 saturated heterocycles. The largest absolute Gasteiger partial charge is 0.388 e. The number of aliphatic hydroxyl groups excluding tert-OH is 2. The summed E-state index contributed by atoms with van der Waals surface area (Å²) in [5.74, 6) is -0.874. The number of rotatable bonds is 8. The van der Waals surface area contributed by atoms with Gasteiger partial charge < -0.3 is 34.9 Å². The van der Waals surface area contributed by atoms with Gasteiger partial charge in [0, 0.05) is 11.8 Å². The summed E-state index contributed by atoms with van der Waals surface area (Å²) in [4.78, 5) is 40.7. The van der Waals surface area contributed by atoms with E-state index in [4.69, 9.17) is 26.1 Å². The van der Waals surface area contributed by atoms with E-state index < -0.39 is 51.6 Å². The van der Waals surface area contributed by atoms with Crippen molar-refractivity contribution in [2.45, 2.75) is 31.0 Å². The minimum Gasteiger partial charge on any atom is -0.388 e. The summed E-state index contributed by atoms with van der Waals surface area (Å²) in [7, 11) is -8.91. The van der Waals surface area contributed by atoms with E-state index in [0.717, 1.165) is 16.5 Å². The summed E-state index contributed by atoms with van der Waals surface area (Å²) in [6, 6.07) is 13.6. The van der Waals surface area contributed by atoms with Crippen LogP contribution < -0.4 is 5.32 Å². The highest BCUT2D eigenvalue weighted by atomic mass is 35.5. The fourth-order valence-corrected chi connectivity index (χ4v) is 8.14. The number of halogens is 1. The summed E-state index contributed by atoms with van der Waals surface area (Å²) in [5, 5.41) is 26.3. The third kappa shape index (κ3) is 5.76. The van der Waals surface area contributed by atoms with Gasteiger partial charge in [0.15, 0.2) is 23.2 Å². The Hall–Kier alpha value is -2.44. The fourth-order valence-electron chi connectivity index (χ4n) is 4.45. The van der Waals surface area contributed by atoms with Crippen LogP contribution in [0.2, 0.25) is 5.28 Å². The molecule has 4 aromatic rings. The maximum atomic E-state index is 12.2. The van der Waals surface area contributed by atoms with Gasteiger partial charge >= 0.3 is 7.60 Å². The Kier molecular flexibility index (Phi) is 7.34. The molecule has 6 N–H and O–H groups in total. The van der Waals surface area contributed by atoms with E-state index in [0.29, 0.717) is 11.3 Å². The molecule has 0 saturated carbocycles. The number of fused-ring (bicyclic) bond motifs is 2. The highest BCUT2D eigenvalue weighted by molar-refractivity contribution is 7.72. The second-order valence-corrected chi connectivity index (χ2v) is 14.0. The van der Waals surface area contributed by atoms with E-state index in [1.807, 2.05) is 42.5 Å². The van der Waals surface area contributed by atoms with E-state index in [9.17, 15) is 24.2 Å². The number of hydrogen-bond acceptors (Lipinski definition) is 9. The van der Waals surface area contributed by atoms with Crippen molar-refractivity contribution in [3.05, 3.63) is 54.1 Å². The highest BCUT2D eigenvalue weighted by Crippen LogP contribution is 2.55. The Balaban J connectivity index is 1.39. The van der Waals surface area contributed by atoms with Crippen LogP contribution in [0.15, 0.2) is 48.8 Å². The SMILES string of the molecule is O=P(O)(O)CP(=O)(O)CC[C@H]1O[C@@H](n2cnc3c(Nc4ccc5ccccc5c4)nc(Cl)nc32)C(O)C1O. The first-order valence-electron chi connectivity index (χ1n) is 11.4. The van der Waals surface area contributed by atoms with Crippen LogP contribution in [0.25, 0.3) is 21.9 Å². The van der Waals surface area contributed by atoms with Gasteiger partial charge in [-0.25, -0.2) is 4.98 Å². The van der Waals surface area contributed by atoms with Gasteiger partial charge in [-0.1, -0.05) is 30.3 Å². The first kappa shape index (κ1) is 27.1. The number of nitrogens with zero attached hydrogens (tertiary/aromatic N) is 4. The molecule has 0 radical (unpaired) electrons. The maximum absolute atomic E-state index is 12.2. The molecule has 1 aliphatic heterocycles. The molecule has 0 aliphatic carbocycles. The van der Waals surface area contributed by atoms with Gasteiger partial charge in [-0.05, 0) is 40.9 Å². The van der Waals surface area contributed by atoms with E-state index in [1.54, 1.807) is 0 Å². The third-order valence-corrected chi connectivity index (χ3v) is 10.6. The number of ether oxygens (including phenoxy) is 1. The molecule has 1 fully saturated rings. The van der Waals surface area contributed by atoms with Gasteiger partial charge in [0.05, 0.1) is 12.4 Å². The van der Waals surface area contributed by atoms with E-state index in [-0.39, 0.29) is 17.4 Å². The van der Waals surface area contributed by atoms with Crippen LogP contribution in [-0.4, -0.2) is 74.8 Å². The normalized spacial score (nSPS) is 23.6. The Morgan fingerprint density at radius 2 is 1.76 bits per heavy atom. The van der Waals surface area contributed by atoms with Crippen LogP contribution >= 0.6 is 26.6 Å². The summed E-state index contributed by atoms with van der Waals surface area (Å²) in [6.07, 6.45) is -4.55. The van der Waals surface area contributed by atoms with E-state index in [1.165, 1.54) is 10.9 Å². The first-order valence-corrected chi connectivity index (χ1v) is 15.6. The van der Waals surface area contributed by atoms with Gasteiger partial charge in [-0.2, -0.15) is 9.97 Å². The number of aromatic nitrogens is 4. The molecular weight excluding hydrogens is 560 g/mol. The van der Waals surface area contributed by atoms with E-state index >= 15 is 0 Å². The molecule has 1 aliphatic rings. The fraction of sp³-hybridized carbons (Fsp3) is 0.318. The predicted octanol–water partition coefficient (Wildman–Crippen LogP) is 2.79. The van der Waals surface area contributed by atoms with Gasteiger partial charge in [-0.3, -0.25) is 13.7 Å². The molecule has 5 rings (SSSR count). The molecule has 3 unspecified atom stereocenters. The Bertz CT molecular complexity index is 1600. The quantitative estimate of drug-likeness (QED) is 0.131. The monoisotopic (exact) mass is 583 g/mol. The van der Waals surface area contributed by atoms with Gasteiger partial charge in [0.1, 0.15) is 18.1 Å². The Morgan fingerprint density at radius 1 is 1.03 bits per heavy atom. The molecule has 2 aromatic carbocycles. The van der Waals surface area contributed by atoms with Crippen molar-refractivity contribution in [2.75, 3.05) is 17.4 Å². The lowest BCUT2D eigenvalue weighted by Crippen LogP contribution is -2.32. The molecule has 16 heteroatoms. The van der Waals surface area contributed by atoms with Gasteiger partial charge in [0.25, 0.3) is 0 Å². The lowest BCUT2D eigenvalue weighted by Gasteiger charge is -2.18. The van der Waals surface area contributed by atoms with Gasteiger partial charge in [0.2, 0.25) is 12.7 Å². The minimum absolute atomic E-state index is 0.106. The molecule has 38 heavy (non-hydrogen) atoms. The molecule has 5 atom stereocenters. The summed E-state index contributed by atoms with van der Waals surface area (Å²) in [6.45, 7) is 0. The van der Waals surface area contributed by atoms with Crippen LogP contribution in [0, 0.1) is 0 Å². The molecular formula is C22H24ClN5O8P2. The summed E-state index contributed by atoms with van der Waals surface area (Å²) < 4.78 is 30.4. The van der Waals surface area contributed by atoms with Crippen LogP contribution in [0.1, 0.15) is 12.6 Å². The molecule has 2 aromatic heterocycles. The molecule has 13 nitrogen and oxygen atoms in total. The number of aliphatic hydroxyl groups is 2. The number of benzene rings is 2. The second kappa shape index (κ2) is 10.3. The zero-order valence-electron chi connectivity index (χ0n) is 19.6. The van der Waals surface area contributed by atoms with Crippen molar-refractivity contribution in [3.8, 4) is 0 Å². The minimum atomic E-state index is -4.71. The van der Waals surface area contributed by atoms with Crippen molar-refractivity contribution in [3.63, 3.8) is 0 Å². The van der Waals surface area contributed by atoms with Crippen LogP contribution in [0.3, 0.4) is 0 Å². The summed E-state index contributed by atoms with van der Waals surface area (Å²) in [5.41, 5.74) is 1.25. The van der Waals surface area contributed by atoms with Crippen molar-refractivity contribution in [1.29, 1.82) is 0 Å². The van der Waals surface area contributed by atoms with Crippen molar-refractivity contribution in [2.24, 2.45) is 0 Å². The molecule has 3 heterocycles. The highest BCUT2D eigenvalue weighted by Gasteiger charge is 2.45. The zero-order valence-corrected chi connectivity index (χ0v) is 22.1. The molecule has 0 bridgehead atoms. The first-order chi connectivity index (χ1) is 17.9. The lowest BCUT2D eigenvalue weighted by molar-refractivity contribution is -0.0354. The number of imidazole rings is 1. The summed E-state index contributed by atoms with van der Waals surface area (Å²) >= 11 is 6.19. The number of nitrogens with one attached hydrogen (secondary N) is 1. The van der Waals surface area contributed by atoms with E-state index in [2.05, 4.69) is 20.3 Å².